The number of fused-ring (bicyclic) bond motifs is 1. The molecule has 0 heterocycles. The van der Waals surface area contributed by atoms with Crippen molar-refractivity contribution in [1.82, 2.24) is 0 Å². The summed E-state index contributed by atoms with van der Waals surface area (Å²) in [6, 6.07) is 5.25. The van der Waals surface area contributed by atoms with Gasteiger partial charge in [0.2, 0.25) is 5.75 Å². The van der Waals surface area contributed by atoms with Gasteiger partial charge in [0.05, 0.1) is 28.4 Å². The highest BCUT2D eigenvalue weighted by molar-refractivity contribution is 5.95. The molecule has 0 saturated carbocycles. The lowest BCUT2D eigenvalue weighted by Crippen LogP contribution is -1.94. The molecule has 102 valence electrons. The van der Waals surface area contributed by atoms with Crippen molar-refractivity contribution in [2.45, 2.75) is 0 Å². The number of rotatable bonds is 4. The van der Waals surface area contributed by atoms with E-state index in [-0.39, 0.29) is 5.75 Å². The molecule has 0 spiro atoms. The second-order valence-electron chi connectivity index (χ2n) is 3.89. The van der Waals surface area contributed by atoms with Gasteiger partial charge >= 0.3 is 0 Å². The predicted molar refractivity (Wildman–Crippen MR) is 71.8 cm³/mol. The van der Waals surface area contributed by atoms with E-state index in [9.17, 15) is 5.11 Å². The molecule has 0 aromatic heterocycles. The average molecular weight is 264 g/mol. The van der Waals surface area contributed by atoms with Gasteiger partial charge in [0.1, 0.15) is 0 Å². The summed E-state index contributed by atoms with van der Waals surface area (Å²) in [7, 11) is 6.10. The smallest absolute Gasteiger partial charge is 0.203 e. The van der Waals surface area contributed by atoms with E-state index in [0.29, 0.717) is 28.4 Å². The van der Waals surface area contributed by atoms with Crippen molar-refractivity contribution in [3.63, 3.8) is 0 Å². The van der Waals surface area contributed by atoms with Crippen molar-refractivity contribution in [3.05, 3.63) is 18.2 Å². The third kappa shape index (κ3) is 2.07. The molecule has 0 aliphatic rings. The molecule has 0 amide bonds. The number of methoxy groups -OCH3 is 4. The Morgan fingerprint density at radius 2 is 1.26 bits per heavy atom. The summed E-state index contributed by atoms with van der Waals surface area (Å²) < 4.78 is 20.8. The molecule has 0 bridgehead atoms. The van der Waals surface area contributed by atoms with E-state index in [1.807, 2.05) is 0 Å². The highest BCUT2D eigenvalue weighted by atomic mass is 16.5. The van der Waals surface area contributed by atoms with Crippen LogP contribution in [0, 0.1) is 0 Å². The minimum absolute atomic E-state index is 0.0119. The number of benzene rings is 2. The van der Waals surface area contributed by atoms with Gasteiger partial charge in [-0.15, -0.1) is 0 Å². The molecule has 2 rings (SSSR count). The normalized spacial score (nSPS) is 10.3. The third-order valence-corrected chi connectivity index (χ3v) is 2.96. The molecule has 0 fully saturated rings. The first-order chi connectivity index (χ1) is 9.15. The molecule has 2 aromatic rings. The van der Waals surface area contributed by atoms with E-state index in [4.69, 9.17) is 18.9 Å². The first-order valence-corrected chi connectivity index (χ1v) is 5.66. The van der Waals surface area contributed by atoms with Gasteiger partial charge in [-0.1, -0.05) is 0 Å². The van der Waals surface area contributed by atoms with E-state index < -0.39 is 0 Å². The minimum Gasteiger partial charge on any atom is -0.504 e. The zero-order chi connectivity index (χ0) is 14.0. The van der Waals surface area contributed by atoms with E-state index in [0.717, 1.165) is 5.39 Å². The zero-order valence-corrected chi connectivity index (χ0v) is 11.3. The lowest BCUT2D eigenvalue weighted by molar-refractivity contribution is 0.335. The number of phenols is 1. The molecule has 0 aliphatic heterocycles. The molecule has 1 N–H and O–H groups in total. The molecule has 2 aromatic carbocycles. The van der Waals surface area contributed by atoms with Crippen LogP contribution in [0.2, 0.25) is 0 Å². The quantitative estimate of drug-likeness (QED) is 0.919. The number of ether oxygens (including phenoxy) is 4. The summed E-state index contributed by atoms with van der Waals surface area (Å²) >= 11 is 0. The van der Waals surface area contributed by atoms with Gasteiger partial charge in [0.15, 0.2) is 23.0 Å². The van der Waals surface area contributed by atoms with Crippen molar-refractivity contribution < 1.29 is 24.1 Å². The van der Waals surface area contributed by atoms with Crippen molar-refractivity contribution in [2.75, 3.05) is 28.4 Å². The van der Waals surface area contributed by atoms with E-state index in [1.54, 1.807) is 32.4 Å². The molecular weight excluding hydrogens is 248 g/mol. The van der Waals surface area contributed by atoms with Crippen molar-refractivity contribution in [2.24, 2.45) is 0 Å². The number of hydrogen-bond donors (Lipinski definition) is 1. The summed E-state index contributed by atoms with van der Waals surface area (Å²) in [5.41, 5.74) is 0. The molecular formula is C14H16O5. The van der Waals surface area contributed by atoms with Crippen LogP contribution in [0.25, 0.3) is 10.8 Å². The Kier molecular flexibility index (Phi) is 3.55. The SMILES string of the molecule is COc1cc2cc(OC)c(OC)c(O)c2cc1OC. The molecule has 5 heteroatoms. The molecule has 0 radical (unpaired) electrons. The van der Waals surface area contributed by atoms with Gasteiger partial charge < -0.3 is 24.1 Å². The van der Waals surface area contributed by atoms with Crippen molar-refractivity contribution >= 4 is 10.8 Å². The highest BCUT2D eigenvalue weighted by Crippen LogP contribution is 2.45. The van der Waals surface area contributed by atoms with Gasteiger partial charge in [-0.05, 0) is 23.6 Å². The van der Waals surface area contributed by atoms with Gasteiger partial charge in [-0.3, -0.25) is 0 Å². The van der Waals surface area contributed by atoms with Crippen LogP contribution >= 0.6 is 0 Å². The van der Waals surface area contributed by atoms with Gasteiger partial charge in [-0.25, -0.2) is 0 Å². The third-order valence-electron chi connectivity index (χ3n) is 2.96. The van der Waals surface area contributed by atoms with Crippen LogP contribution in [0.4, 0.5) is 0 Å². The Hall–Kier alpha value is -2.30. The van der Waals surface area contributed by atoms with Gasteiger partial charge in [0, 0.05) is 5.39 Å². The number of phenolic OH excluding ortho intramolecular Hbond substituents is 1. The van der Waals surface area contributed by atoms with E-state index in [1.165, 1.54) is 14.2 Å². The first-order valence-electron chi connectivity index (χ1n) is 5.66. The van der Waals surface area contributed by atoms with Crippen LogP contribution in [0.5, 0.6) is 28.7 Å². The van der Waals surface area contributed by atoms with Gasteiger partial charge in [-0.2, -0.15) is 0 Å². The number of aromatic hydroxyl groups is 1. The van der Waals surface area contributed by atoms with Crippen LogP contribution < -0.4 is 18.9 Å². The van der Waals surface area contributed by atoms with Crippen LogP contribution in [-0.4, -0.2) is 33.5 Å². The highest BCUT2D eigenvalue weighted by Gasteiger charge is 2.16. The fourth-order valence-corrected chi connectivity index (χ4v) is 2.01. The molecule has 5 nitrogen and oxygen atoms in total. The molecule has 0 saturated heterocycles. The molecule has 0 aliphatic carbocycles. The lowest BCUT2D eigenvalue weighted by atomic mass is 10.1. The Balaban J connectivity index is 2.80. The summed E-state index contributed by atoms with van der Waals surface area (Å²) in [5, 5.41) is 11.6. The predicted octanol–water partition coefficient (Wildman–Crippen LogP) is 2.58. The fourth-order valence-electron chi connectivity index (χ4n) is 2.01. The van der Waals surface area contributed by atoms with Crippen LogP contribution in [0.3, 0.4) is 0 Å². The fraction of sp³-hybridized carbons (Fsp3) is 0.286. The largest absolute Gasteiger partial charge is 0.504 e. The van der Waals surface area contributed by atoms with Crippen LogP contribution in [-0.2, 0) is 0 Å². The molecule has 0 unspecified atom stereocenters. The Morgan fingerprint density at radius 3 is 1.79 bits per heavy atom. The Bertz CT molecular complexity index is 601. The Morgan fingerprint density at radius 1 is 0.737 bits per heavy atom. The minimum atomic E-state index is 0.0119. The topological polar surface area (TPSA) is 57.2 Å². The second-order valence-corrected chi connectivity index (χ2v) is 3.89. The summed E-state index contributed by atoms with van der Waals surface area (Å²) in [5.74, 6) is 1.89. The maximum atomic E-state index is 10.2. The van der Waals surface area contributed by atoms with Crippen LogP contribution in [0.15, 0.2) is 18.2 Å². The maximum Gasteiger partial charge on any atom is 0.203 e. The van der Waals surface area contributed by atoms with E-state index in [2.05, 4.69) is 0 Å². The molecule has 19 heavy (non-hydrogen) atoms. The summed E-state index contributed by atoms with van der Waals surface area (Å²) in [4.78, 5) is 0. The Labute approximate surface area is 111 Å². The summed E-state index contributed by atoms with van der Waals surface area (Å²) in [6.07, 6.45) is 0. The lowest BCUT2D eigenvalue weighted by Gasteiger charge is -2.14. The van der Waals surface area contributed by atoms with E-state index >= 15 is 0 Å². The zero-order valence-electron chi connectivity index (χ0n) is 11.3. The van der Waals surface area contributed by atoms with Crippen molar-refractivity contribution in [1.29, 1.82) is 0 Å². The standard InChI is InChI=1S/C14H16O5/c1-16-10-5-8-6-12(18-3)14(19-4)13(15)9(8)7-11(10)17-2/h5-7,15H,1-4H3. The first kappa shape index (κ1) is 13.1. The number of hydrogen-bond acceptors (Lipinski definition) is 5. The second kappa shape index (κ2) is 5.14. The monoisotopic (exact) mass is 264 g/mol. The van der Waals surface area contributed by atoms with Gasteiger partial charge in [0.25, 0.3) is 0 Å². The molecule has 0 atom stereocenters. The maximum absolute atomic E-state index is 10.2. The van der Waals surface area contributed by atoms with Crippen molar-refractivity contribution in [3.8, 4) is 28.7 Å². The summed E-state index contributed by atoms with van der Waals surface area (Å²) in [6.45, 7) is 0. The average Bonchev–Trinajstić information content (AvgIpc) is 2.45. The van der Waals surface area contributed by atoms with Crippen LogP contribution in [0.1, 0.15) is 0 Å².